The Hall–Kier alpha value is -1.91. The maximum Gasteiger partial charge on any atom is 0.387 e. The third-order valence-corrected chi connectivity index (χ3v) is 3.04. The van der Waals surface area contributed by atoms with Gasteiger partial charge in [0.1, 0.15) is 11.5 Å². The van der Waals surface area contributed by atoms with Crippen molar-refractivity contribution in [3.63, 3.8) is 0 Å². The number of halogens is 2. The zero-order valence-electron chi connectivity index (χ0n) is 10.2. The van der Waals surface area contributed by atoms with Crippen molar-refractivity contribution in [3.05, 3.63) is 41.7 Å². The third-order valence-electron chi connectivity index (χ3n) is 3.04. The molecule has 0 fully saturated rings. The molecule has 1 unspecified atom stereocenters. The van der Waals surface area contributed by atoms with Crippen molar-refractivity contribution in [3.8, 4) is 5.75 Å². The summed E-state index contributed by atoms with van der Waals surface area (Å²) in [4.78, 5) is 11.7. The Morgan fingerprint density at radius 2 is 1.95 bits per heavy atom. The van der Waals surface area contributed by atoms with Crippen LogP contribution >= 0.6 is 0 Å². The van der Waals surface area contributed by atoms with Crippen molar-refractivity contribution in [1.29, 1.82) is 0 Å². The van der Waals surface area contributed by atoms with E-state index in [1.165, 1.54) is 12.1 Å². The van der Waals surface area contributed by atoms with Crippen molar-refractivity contribution in [2.45, 2.75) is 25.9 Å². The summed E-state index contributed by atoms with van der Waals surface area (Å²) in [6, 6.07) is 6.17. The zero-order valence-corrected chi connectivity index (χ0v) is 10.2. The summed E-state index contributed by atoms with van der Waals surface area (Å²) in [6.45, 7) is -2.84. The summed E-state index contributed by atoms with van der Waals surface area (Å²) in [5, 5.41) is 9.42. The quantitative estimate of drug-likeness (QED) is 0.911. The monoisotopic (exact) mass is 268 g/mol. The molecule has 2 rings (SSSR count). The van der Waals surface area contributed by atoms with Crippen LogP contribution in [0.5, 0.6) is 5.75 Å². The number of benzene rings is 1. The number of allylic oxidation sites excluding steroid dienone is 2. The minimum atomic E-state index is -2.84. The van der Waals surface area contributed by atoms with E-state index in [0.29, 0.717) is 19.3 Å². The minimum Gasteiger partial charge on any atom is -0.513 e. The molecule has 1 aliphatic carbocycles. The van der Waals surface area contributed by atoms with Crippen LogP contribution in [-0.2, 0) is 11.2 Å². The van der Waals surface area contributed by atoms with Gasteiger partial charge in [0.25, 0.3) is 0 Å². The second-order valence-corrected chi connectivity index (χ2v) is 4.46. The number of ether oxygens (including phenoxy) is 1. The molecule has 1 aromatic rings. The van der Waals surface area contributed by atoms with Gasteiger partial charge in [-0.05, 0) is 30.2 Å². The first kappa shape index (κ1) is 13.5. The lowest BCUT2D eigenvalue weighted by molar-refractivity contribution is -0.122. The second kappa shape index (κ2) is 5.82. The first-order valence-corrected chi connectivity index (χ1v) is 6.00. The Kier molecular flexibility index (Phi) is 4.14. The van der Waals surface area contributed by atoms with Gasteiger partial charge in [0.05, 0.1) is 5.76 Å². The number of carbonyl (C=O) groups excluding carboxylic acids is 1. The highest BCUT2D eigenvalue weighted by Crippen LogP contribution is 2.23. The van der Waals surface area contributed by atoms with Gasteiger partial charge in [-0.2, -0.15) is 8.78 Å². The van der Waals surface area contributed by atoms with Crippen molar-refractivity contribution in [1.82, 2.24) is 0 Å². The lowest BCUT2D eigenvalue weighted by Crippen LogP contribution is -2.19. The Morgan fingerprint density at radius 3 is 2.58 bits per heavy atom. The number of aliphatic hydroxyl groups excluding tert-OH is 1. The van der Waals surface area contributed by atoms with Gasteiger partial charge in [0.2, 0.25) is 0 Å². The molecule has 1 atom stereocenters. The molecule has 0 saturated heterocycles. The average Bonchev–Trinajstić information content (AvgIpc) is 2.35. The second-order valence-electron chi connectivity index (χ2n) is 4.46. The molecule has 3 nitrogen and oxygen atoms in total. The van der Waals surface area contributed by atoms with Gasteiger partial charge < -0.3 is 9.84 Å². The number of Topliss-reactive ketones (excluding diaryl/α,β-unsaturated/α-hetero) is 1. The fourth-order valence-electron chi connectivity index (χ4n) is 2.08. The minimum absolute atomic E-state index is 0.0886. The number of ketones is 1. The molecule has 102 valence electrons. The highest BCUT2D eigenvalue weighted by Gasteiger charge is 2.22. The van der Waals surface area contributed by atoms with Gasteiger partial charge in [-0.3, -0.25) is 4.79 Å². The predicted octanol–water partition coefficient (Wildman–Crippen LogP) is 3.25. The van der Waals surface area contributed by atoms with Crippen LogP contribution in [0.1, 0.15) is 18.4 Å². The van der Waals surface area contributed by atoms with E-state index in [2.05, 4.69) is 4.74 Å². The molecule has 5 heteroatoms. The number of rotatable bonds is 4. The van der Waals surface area contributed by atoms with Crippen LogP contribution < -0.4 is 4.74 Å². The van der Waals surface area contributed by atoms with E-state index in [1.807, 2.05) is 0 Å². The van der Waals surface area contributed by atoms with Gasteiger partial charge in [-0.25, -0.2) is 0 Å². The maximum absolute atomic E-state index is 12.0. The van der Waals surface area contributed by atoms with Gasteiger partial charge in [-0.1, -0.05) is 12.1 Å². The summed E-state index contributed by atoms with van der Waals surface area (Å²) < 4.78 is 28.2. The lowest BCUT2D eigenvalue weighted by atomic mass is 9.88. The van der Waals surface area contributed by atoms with Gasteiger partial charge in [-0.15, -0.1) is 0 Å². The van der Waals surface area contributed by atoms with Crippen LogP contribution in [0.3, 0.4) is 0 Å². The molecule has 0 bridgehead atoms. The normalized spacial score (nSPS) is 19.4. The van der Waals surface area contributed by atoms with Crippen LogP contribution in [0.15, 0.2) is 36.1 Å². The summed E-state index contributed by atoms with van der Waals surface area (Å²) in [6.07, 6.45) is 2.77. The molecule has 0 aliphatic heterocycles. The summed E-state index contributed by atoms with van der Waals surface area (Å²) >= 11 is 0. The van der Waals surface area contributed by atoms with E-state index in [9.17, 15) is 18.7 Å². The van der Waals surface area contributed by atoms with Gasteiger partial charge in [0.15, 0.2) is 0 Å². The number of hydrogen-bond donors (Lipinski definition) is 1. The van der Waals surface area contributed by atoms with Gasteiger partial charge >= 0.3 is 6.61 Å². The topological polar surface area (TPSA) is 46.5 Å². The first-order chi connectivity index (χ1) is 9.04. The van der Waals surface area contributed by atoms with E-state index >= 15 is 0 Å². The molecule has 0 saturated carbocycles. The fraction of sp³-hybridized carbons (Fsp3) is 0.357. The fourth-order valence-corrected chi connectivity index (χ4v) is 2.08. The molecule has 1 aliphatic rings. The van der Waals surface area contributed by atoms with Crippen LogP contribution in [0.25, 0.3) is 0 Å². The van der Waals surface area contributed by atoms with E-state index in [0.717, 1.165) is 5.56 Å². The maximum atomic E-state index is 12.0. The standard InChI is InChI=1S/C14H14F2O3/c15-14(16)19-12-4-1-9(2-5-12)7-10-8-11(17)3-6-13(10)18/h1-2,4-5,8,10,14,17H,3,6-7H2. The molecule has 1 aromatic carbocycles. The van der Waals surface area contributed by atoms with E-state index in [-0.39, 0.29) is 23.2 Å². The van der Waals surface area contributed by atoms with E-state index < -0.39 is 6.61 Å². The SMILES string of the molecule is O=C1CCC(O)=CC1Cc1ccc(OC(F)F)cc1. The Bertz CT molecular complexity index is 480. The molecular weight excluding hydrogens is 254 g/mol. The van der Waals surface area contributed by atoms with Crippen molar-refractivity contribution >= 4 is 5.78 Å². The van der Waals surface area contributed by atoms with Crippen LogP contribution in [0.2, 0.25) is 0 Å². The number of hydrogen-bond acceptors (Lipinski definition) is 3. The Labute approximate surface area is 109 Å². The molecule has 1 N–H and O–H groups in total. The predicted molar refractivity (Wildman–Crippen MR) is 65.2 cm³/mol. The Morgan fingerprint density at radius 1 is 1.26 bits per heavy atom. The smallest absolute Gasteiger partial charge is 0.387 e. The number of alkyl halides is 2. The first-order valence-electron chi connectivity index (χ1n) is 6.00. The van der Waals surface area contributed by atoms with Crippen molar-refractivity contribution in [2.24, 2.45) is 5.92 Å². The summed E-state index contributed by atoms with van der Waals surface area (Å²) in [5.41, 5.74) is 0.839. The van der Waals surface area contributed by atoms with Crippen LogP contribution in [-0.4, -0.2) is 17.5 Å². The molecule has 19 heavy (non-hydrogen) atoms. The molecule has 0 radical (unpaired) electrons. The number of carbonyl (C=O) groups is 1. The van der Waals surface area contributed by atoms with Crippen LogP contribution in [0, 0.1) is 5.92 Å². The Balaban J connectivity index is 2.03. The molecule has 0 amide bonds. The zero-order chi connectivity index (χ0) is 13.8. The molecule has 0 heterocycles. The molecular formula is C14H14F2O3. The van der Waals surface area contributed by atoms with Crippen LogP contribution in [0.4, 0.5) is 8.78 Å². The molecule has 0 spiro atoms. The molecule has 0 aromatic heterocycles. The van der Waals surface area contributed by atoms with E-state index in [4.69, 9.17) is 0 Å². The highest BCUT2D eigenvalue weighted by molar-refractivity contribution is 5.84. The van der Waals surface area contributed by atoms with Gasteiger partial charge in [0, 0.05) is 18.8 Å². The third kappa shape index (κ3) is 3.77. The van der Waals surface area contributed by atoms with Crippen molar-refractivity contribution in [2.75, 3.05) is 0 Å². The summed E-state index contributed by atoms with van der Waals surface area (Å²) in [7, 11) is 0. The van der Waals surface area contributed by atoms with Crippen molar-refractivity contribution < 1.29 is 23.4 Å². The number of aliphatic hydroxyl groups is 1. The van der Waals surface area contributed by atoms with E-state index in [1.54, 1.807) is 18.2 Å². The largest absolute Gasteiger partial charge is 0.513 e. The highest BCUT2D eigenvalue weighted by atomic mass is 19.3. The lowest BCUT2D eigenvalue weighted by Gasteiger charge is -2.17. The average molecular weight is 268 g/mol. The summed E-state index contributed by atoms with van der Waals surface area (Å²) in [5.74, 6) is 0.0793.